The molecular formula is C12H13NO2. The highest BCUT2D eigenvalue weighted by molar-refractivity contribution is 5.83. The Morgan fingerprint density at radius 2 is 2.07 bits per heavy atom. The molecule has 1 heterocycles. The average Bonchev–Trinajstić information content (AvgIpc) is 2.23. The van der Waals surface area contributed by atoms with Crippen molar-refractivity contribution in [2.75, 3.05) is 0 Å². The van der Waals surface area contributed by atoms with Crippen LogP contribution in [0.3, 0.4) is 0 Å². The van der Waals surface area contributed by atoms with Crippen LogP contribution in [-0.4, -0.2) is 9.67 Å². The maximum absolute atomic E-state index is 11.5. The molecule has 0 fully saturated rings. The number of nitrogens with zero attached hydrogens (tertiary/aromatic N) is 1. The van der Waals surface area contributed by atoms with E-state index in [2.05, 4.69) is 0 Å². The molecule has 15 heavy (non-hydrogen) atoms. The number of benzene rings is 1. The number of aliphatic hydroxyl groups excluding tert-OH is 1. The fourth-order valence-electron chi connectivity index (χ4n) is 1.77. The fourth-order valence-corrected chi connectivity index (χ4v) is 1.77. The van der Waals surface area contributed by atoms with Gasteiger partial charge in [0.1, 0.15) is 0 Å². The van der Waals surface area contributed by atoms with Gasteiger partial charge in [0, 0.05) is 18.5 Å². The Labute approximate surface area is 87.6 Å². The van der Waals surface area contributed by atoms with Gasteiger partial charge in [0.25, 0.3) is 5.56 Å². The number of hydrogen-bond donors (Lipinski definition) is 1. The lowest BCUT2D eigenvalue weighted by atomic mass is 10.1. The number of rotatable bonds is 1. The lowest BCUT2D eigenvalue weighted by molar-refractivity contribution is 0.283. The fraction of sp³-hybridized carbons (Fsp3) is 0.250. The van der Waals surface area contributed by atoms with E-state index in [0.717, 1.165) is 16.5 Å². The lowest BCUT2D eigenvalue weighted by Gasteiger charge is -2.08. The molecule has 3 nitrogen and oxygen atoms in total. The molecule has 0 saturated heterocycles. The quantitative estimate of drug-likeness (QED) is 0.760. The molecule has 2 aromatic rings. The molecule has 0 unspecified atom stereocenters. The zero-order valence-corrected chi connectivity index (χ0v) is 8.82. The molecule has 2 rings (SSSR count). The maximum Gasteiger partial charge on any atom is 0.251 e. The van der Waals surface area contributed by atoms with Gasteiger partial charge in [-0.15, -0.1) is 0 Å². The van der Waals surface area contributed by atoms with Crippen molar-refractivity contribution < 1.29 is 5.11 Å². The molecule has 0 aliphatic heterocycles. The van der Waals surface area contributed by atoms with E-state index < -0.39 is 0 Å². The van der Waals surface area contributed by atoms with Crippen LogP contribution in [0.25, 0.3) is 10.9 Å². The minimum atomic E-state index is -0.101. The van der Waals surface area contributed by atoms with E-state index in [1.165, 1.54) is 6.07 Å². The van der Waals surface area contributed by atoms with E-state index in [1.807, 2.05) is 25.1 Å². The summed E-state index contributed by atoms with van der Waals surface area (Å²) in [4.78, 5) is 11.5. The summed E-state index contributed by atoms with van der Waals surface area (Å²) in [5.41, 5.74) is 2.58. The number of aliphatic hydroxyl groups is 1. The maximum atomic E-state index is 11.5. The molecule has 0 saturated carbocycles. The van der Waals surface area contributed by atoms with Crippen LogP contribution in [0.4, 0.5) is 0 Å². The zero-order chi connectivity index (χ0) is 11.0. The molecule has 78 valence electrons. The second kappa shape index (κ2) is 3.51. The largest absolute Gasteiger partial charge is 0.392 e. The number of hydrogen-bond acceptors (Lipinski definition) is 2. The molecule has 0 spiro atoms. The predicted molar refractivity (Wildman–Crippen MR) is 59.8 cm³/mol. The second-order valence-electron chi connectivity index (χ2n) is 3.75. The molecule has 3 heteroatoms. The van der Waals surface area contributed by atoms with Crippen molar-refractivity contribution in [3.05, 3.63) is 45.7 Å². The number of pyridine rings is 1. The van der Waals surface area contributed by atoms with Crippen molar-refractivity contribution in [1.29, 1.82) is 0 Å². The first-order chi connectivity index (χ1) is 7.13. The van der Waals surface area contributed by atoms with E-state index in [4.69, 9.17) is 0 Å². The Morgan fingerprint density at radius 1 is 1.33 bits per heavy atom. The summed E-state index contributed by atoms with van der Waals surface area (Å²) in [5, 5.41) is 10.1. The molecule has 1 aromatic heterocycles. The minimum absolute atomic E-state index is 0.0876. The highest BCUT2D eigenvalue weighted by atomic mass is 16.3. The van der Waals surface area contributed by atoms with Gasteiger partial charge in [0.05, 0.1) is 12.1 Å². The zero-order valence-electron chi connectivity index (χ0n) is 8.82. The van der Waals surface area contributed by atoms with Crippen molar-refractivity contribution in [1.82, 2.24) is 4.57 Å². The Bertz CT molecular complexity index is 570. The Kier molecular flexibility index (Phi) is 2.32. The monoisotopic (exact) mass is 203 g/mol. The number of aryl methyl sites for hydroxylation is 2. The van der Waals surface area contributed by atoms with Gasteiger partial charge in [-0.05, 0) is 24.6 Å². The van der Waals surface area contributed by atoms with E-state index in [1.54, 1.807) is 11.6 Å². The van der Waals surface area contributed by atoms with Crippen LogP contribution < -0.4 is 5.56 Å². The molecule has 1 aromatic carbocycles. The molecular weight excluding hydrogens is 190 g/mol. The highest BCUT2D eigenvalue weighted by Crippen LogP contribution is 2.18. The summed E-state index contributed by atoms with van der Waals surface area (Å²) in [6, 6.07) is 7.34. The lowest BCUT2D eigenvalue weighted by Crippen LogP contribution is -2.17. The summed E-state index contributed by atoms with van der Waals surface area (Å²) < 4.78 is 1.59. The molecule has 0 aliphatic carbocycles. The first kappa shape index (κ1) is 9.93. The van der Waals surface area contributed by atoms with Crippen molar-refractivity contribution in [2.24, 2.45) is 7.05 Å². The van der Waals surface area contributed by atoms with E-state index in [9.17, 15) is 9.90 Å². The van der Waals surface area contributed by atoms with E-state index in [-0.39, 0.29) is 12.2 Å². The summed E-state index contributed by atoms with van der Waals surface area (Å²) >= 11 is 0. The van der Waals surface area contributed by atoms with Crippen LogP contribution in [-0.2, 0) is 13.7 Å². The summed E-state index contributed by atoms with van der Waals surface area (Å²) in [6.07, 6.45) is 0. The molecule has 0 aliphatic rings. The topological polar surface area (TPSA) is 42.2 Å². The van der Waals surface area contributed by atoms with Crippen LogP contribution in [0.2, 0.25) is 0 Å². The van der Waals surface area contributed by atoms with Crippen LogP contribution in [0.5, 0.6) is 0 Å². The van der Waals surface area contributed by atoms with Gasteiger partial charge in [-0.3, -0.25) is 4.79 Å². The Hall–Kier alpha value is -1.61. The standard InChI is InChI=1S/C12H13NO2/c1-8-3-4-11-10(5-8)9(7-14)6-12(15)13(11)2/h3-6,14H,7H2,1-2H3. The predicted octanol–water partition coefficient (Wildman–Crippen LogP) is 1.34. The van der Waals surface area contributed by atoms with Crippen LogP contribution in [0.15, 0.2) is 29.1 Å². The van der Waals surface area contributed by atoms with Crippen molar-refractivity contribution in [2.45, 2.75) is 13.5 Å². The third-order valence-corrected chi connectivity index (χ3v) is 2.66. The van der Waals surface area contributed by atoms with E-state index >= 15 is 0 Å². The SMILES string of the molecule is Cc1ccc2c(c1)c(CO)cc(=O)n2C. The van der Waals surface area contributed by atoms with Crippen LogP contribution in [0, 0.1) is 6.92 Å². The van der Waals surface area contributed by atoms with Gasteiger partial charge in [0.2, 0.25) is 0 Å². The van der Waals surface area contributed by atoms with Crippen LogP contribution >= 0.6 is 0 Å². The third-order valence-electron chi connectivity index (χ3n) is 2.66. The molecule has 0 bridgehead atoms. The van der Waals surface area contributed by atoms with Gasteiger partial charge in [-0.1, -0.05) is 11.6 Å². The normalized spacial score (nSPS) is 10.9. The van der Waals surface area contributed by atoms with Crippen LogP contribution in [0.1, 0.15) is 11.1 Å². The molecule has 0 amide bonds. The van der Waals surface area contributed by atoms with Crippen molar-refractivity contribution in [3.8, 4) is 0 Å². The van der Waals surface area contributed by atoms with Crippen molar-refractivity contribution >= 4 is 10.9 Å². The second-order valence-corrected chi connectivity index (χ2v) is 3.75. The Balaban J connectivity index is 2.96. The number of aromatic nitrogens is 1. The third kappa shape index (κ3) is 1.55. The molecule has 1 N–H and O–H groups in total. The van der Waals surface area contributed by atoms with Gasteiger partial charge in [-0.25, -0.2) is 0 Å². The van der Waals surface area contributed by atoms with Crippen molar-refractivity contribution in [3.63, 3.8) is 0 Å². The molecule has 0 radical (unpaired) electrons. The highest BCUT2D eigenvalue weighted by Gasteiger charge is 2.05. The smallest absolute Gasteiger partial charge is 0.251 e. The van der Waals surface area contributed by atoms with Gasteiger partial charge >= 0.3 is 0 Å². The van der Waals surface area contributed by atoms with Gasteiger partial charge in [-0.2, -0.15) is 0 Å². The number of fused-ring (bicyclic) bond motifs is 1. The Morgan fingerprint density at radius 3 is 2.73 bits per heavy atom. The minimum Gasteiger partial charge on any atom is -0.392 e. The first-order valence-corrected chi connectivity index (χ1v) is 4.83. The first-order valence-electron chi connectivity index (χ1n) is 4.83. The van der Waals surface area contributed by atoms with Gasteiger partial charge < -0.3 is 9.67 Å². The van der Waals surface area contributed by atoms with E-state index in [0.29, 0.717) is 5.56 Å². The summed E-state index contributed by atoms with van der Waals surface area (Å²) in [5.74, 6) is 0. The summed E-state index contributed by atoms with van der Waals surface area (Å²) in [6.45, 7) is 1.89. The van der Waals surface area contributed by atoms with Gasteiger partial charge in [0.15, 0.2) is 0 Å². The average molecular weight is 203 g/mol. The summed E-state index contributed by atoms with van der Waals surface area (Å²) in [7, 11) is 1.74. The molecule has 0 atom stereocenters.